The van der Waals surface area contributed by atoms with E-state index in [1.807, 2.05) is 29.3 Å². The molecular weight excluding hydrogens is 332 g/mol. The Bertz CT molecular complexity index is 846. The maximum atomic E-state index is 12.3. The Labute approximate surface area is 150 Å². The Morgan fingerprint density at radius 2 is 2.27 bits per heavy atom. The smallest absolute Gasteiger partial charge is 0.259 e. The van der Waals surface area contributed by atoms with Crippen LogP contribution in [-0.4, -0.2) is 48.8 Å². The van der Waals surface area contributed by atoms with Gasteiger partial charge in [-0.2, -0.15) is 10.1 Å². The van der Waals surface area contributed by atoms with Gasteiger partial charge in [0.2, 0.25) is 5.91 Å². The van der Waals surface area contributed by atoms with Crippen molar-refractivity contribution in [2.24, 2.45) is 5.92 Å². The number of carbonyl (C=O) groups excluding carboxylic acids is 1. The van der Waals surface area contributed by atoms with Crippen LogP contribution in [0, 0.1) is 5.92 Å². The Hall–Kier alpha value is -3.03. The van der Waals surface area contributed by atoms with Crippen molar-refractivity contribution in [1.29, 1.82) is 0 Å². The highest BCUT2D eigenvalue weighted by Crippen LogP contribution is 2.22. The number of nitrogens with zero attached hydrogens (tertiary/aromatic N) is 6. The molecule has 0 saturated carbocycles. The van der Waals surface area contributed by atoms with Crippen LogP contribution in [0.25, 0.3) is 11.5 Å². The lowest BCUT2D eigenvalue weighted by molar-refractivity contribution is -0.131. The summed E-state index contributed by atoms with van der Waals surface area (Å²) in [6.07, 6.45) is 9.61. The summed E-state index contributed by atoms with van der Waals surface area (Å²) in [7, 11) is 0. The van der Waals surface area contributed by atoms with Crippen molar-refractivity contribution in [1.82, 2.24) is 29.8 Å². The molecule has 8 nitrogen and oxygen atoms in total. The number of hydrogen-bond acceptors (Lipinski definition) is 6. The van der Waals surface area contributed by atoms with Crippen molar-refractivity contribution >= 4 is 5.91 Å². The normalized spacial score (nSPS) is 16.9. The highest BCUT2D eigenvalue weighted by molar-refractivity contribution is 5.76. The molecule has 1 atom stereocenters. The van der Waals surface area contributed by atoms with E-state index in [4.69, 9.17) is 4.52 Å². The van der Waals surface area contributed by atoms with Crippen molar-refractivity contribution in [2.45, 2.75) is 25.8 Å². The van der Waals surface area contributed by atoms with Crippen LogP contribution < -0.4 is 0 Å². The summed E-state index contributed by atoms with van der Waals surface area (Å²) in [4.78, 5) is 22.7. The average Bonchev–Trinajstić information content (AvgIpc) is 3.42. The molecule has 0 spiro atoms. The summed E-state index contributed by atoms with van der Waals surface area (Å²) in [5.41, 5.74) is 0.822. The second-order valence-corrected chi connectivity index (χ2v) is 6.49. The van der Waals surface area contributed by atoms with Crippen LogP contribution in [0.5, 0.6) is 0 Å². The van der Waals surface area contributed by atoms with E-state index >= 15 is 0 Å². The molecular formula is C18H20N6O2. The molecule has 1 aliphatic heterocycles. The first-order valence-electron chi connectivity index (χ1n) is 8.76. The third kappa shape index (κ3) is 3.79. The Morgan fingerprint density at radius 1 is 1.31 bits per heavy atom. The van der Waals surface area contributed by atoms with Crippen LogP contribution in [0.3, 0.4) is 0 Å². The van der Waals surface area contributed by atoms with Crippen LogP contribution in [-0.2, 0) is 17.8 Å². The van der Waals surface area contributed by atoms with Crippen molar-refractivity contribution in [3.05, 3.63) is 48.8 Å². The minimum Gasteiger partial charge on any atom is -0.341 e. The molecule has 8 heteroatoms. The number of pyridine rings is 1. The number of carbonyl (C=O) groups is 1. The molecule has 3 aromatic rings. The van der Waals surface area contributed by atoms with E-state index in [0.29, 0.717) is 24.2 Å². The molecule has 1 aliphatic rings. The fraction of sp³-hybridized carbons (Fsp3) is 0.389. The van der Waals surface area contributed by atoms with Gasteiger partial charge >= 0.3 is 0 Å². The quantitative estimate of drug-likeness (QED) is 0.672. The van der Waals surface area contributed by atoms with Crippen molar-refractivity contribution in [2.75, 3.05) is 13.1 Å². The van der Waals surface area contributed by atoms with Crippen LogP contribution in [0.4, 0.5) is 0 Å². The van der Waals surface area contributed by atoms with Gasteiger partial charge in [0, 0.05) is 44.3 Å². The number of amides is 1. The maximum absolute atomic E-state index is 12.3. The largest absolute Gasteiger partial charge is 0.341 e. The molecule has 0 radical (unpaired) electrons. The van der Waals surface area contributed by atoms with E-state index in [1.54, 1.807) is 23.3 Å². The zero-order chi connectivity index (χ0) is 17.8. The van der Waals surface area contributed by atoms with Crippen molar-refractivity contribution in [3.63, 3.8) is 0 Å². The highest BCUT2D eigenvalue weighted by atomic mass is 16.5. The monoisotopic (exact) mass is 352 g/mol. The molecule has 0 aromatic carbocycles. The molecule has 3 aromatic heterocycles. The minimum atomic E-state index is 0.120. The maximum Gasteiger partial charge on any atom is 0.259 e. The fourth-order valence-corrected chi connectivity index (χ4v) is 3.22. The van der Waals surface area contributed by atoms with Crippen molar-refractivity contribution in [3.8, 4) is 11.5 Å². The number of hydrogen-bond donors (Lipinski definition) is 0. The predicted molar refractivity (Wildman–Crippen MR) is 92.8 cm³/mol. The van der Waals surface area contributed by atoms with Crippen LogP contribution in [0.2, 0.25) is 0 Å². The summed E-state index contributed by atoms with van der Waals surface area (Å²) in [5.74, 6) is 1.78. The number of likely N-dealkylation sites (tertiary alicyclic amines) is 1. The molecule has 4 heterocycles. The molecule has 26 heavy (non-hydrogen) atoms. The van der Waals surface area contributed by atoms with Gasteiger partial charge in [0.15, 0.2) is 5.82 Å². The summed E-state index contributed by atoms with van der Waals surface area (Å²) >= 11 is 0. The van der Waals surface area contributed by atoms with Gasteiger partial charge in [0.25, 0.3) is 5.89 Å². The third-order valence-electron chi connectivity index (χ3n) is 4.65. The zero-order valence-electron chi connectivity index (χ0n) is 14.4. The Balaban J connectivity index is 1.27. The average molecular weight is 352 g/mol. The van der Waals surface area contributed by atoms with Gasteiger partial charge in [-0.05, 0) is 37.0 Å². The molecule has 0 bridgehead atoms. The molecule has 1 amide bonds. The lowest BCUT2D eigenvalue weighted by Crippen LogP contribution is -2.32. The molecule has 1 saturated heterocycles. The Morgan fingerprint density at radius 3 is 3.08 bits per heavy atom. The summed E-state index contributed by atoms with van der Waals surface area (Å²) in [6.45, 7) is 1.89. The van der Waals surface area contributed by atoms with Crippen molar-refractivity contribution < 1.29 is 9.32 Å². The molecule has 4 rings (SSSR count). The summed E-state index contributed by atoms with van der Waals surface area (Å²) in [6, 6.07) is 5.56. The molecule has 1 unspecified atom stereocenters. The van der Waals surface area contributed by atoms with Crippen LogP contribution in [0.1, 0.15) is 18.7 Å². The summed E-state index contributed by atoms with van der Waals surface area (Å²) < 4.78 is 6.97. The van der Waals surface area contributed by atoms with Gasteiger partial charge in [0.05, 0.1) is 5.56 Å². The van der Waals surface area contributed by atoms with E-state index in [0.717, 1.165) is 37.9 Å². The lowest BCUT2D eigenvalue weighted by atomic mass is 10.0. The molecule has 1 fully saturated rings. The predicted octanol–water partition coefficient (Wildman–Crippen LogP) is 1.81. The second-order valence-electron chi connectivity index (χ2n) is 6.49. The van der Waals surface area contributed by atoms with Gasteiger partial charge in [-0.15, -0.1) is 0 Å². The van der Waals surface area contributed by atoms with Crippen LogP contribution in [0.15, 0.2) is 47.5 Å². The standard InChI is InChI=1S/C18H20N6O2/c25-17(13-24-9-2-8-20-24)23-10-6-14(12-23)4-5-16-21-18(26-22-16)15-3-1-7-19-11-15/h1-3,7-9,11,14H,4-6,10,12-13H2. The number of aryl methyl sites for hydroxylation is 1. The molecule has 0 N–H and O–H groups in total. The molecule has 134 valence electrons. The number of aromatic nitrogens is 5. The van der Waals surface area contributed by atoms with E-state index < -0.39 is 0 Å². The van der Waals surface area contributed by atoms with Gasteiger partial charge in [-0.1, -0.05) is 5.16 Å². The Kier molecular flexibility index (Phi) is 4.72. The van der Waals surface area contributed by atoms with E-state index in [-0.39, 0.29) is 5.91 Å². The first-order valence-corrected chi connectivity index (χ1v) is 8.76. The second kappa shape index (κ2) is 7.47. The highest BCUT2D eigenvalue weighted by Gasteiger charge is 2.26. The van der Waals surface area contributed by atoms with E-state index in [9.17, 15) is 4.79 Å². The van der Waals surface area contributed by atoms with Gasteiger partial charge in [0.1, 0.15) is 6.54 Å². The van der Waals surface area contributed by atoms with Gasteiger partial charge < -0.3 is 9.42 Å². The van der Waals surface area contributed by atoms with E-state index in [2.05, 4.69) is 20.2 Å². The van der Waals surface area contributed by atoms with E-state index in [1.165, 1.54) is 0 Å². The first-order chi connectivity index (χ1) is 12.8. The zero-order valence-corrected chi connectivity index (χ0v) is 14.4. The van der Waals surface area contributed by atoms with Gasteiger partial charge in [-0.25, -0.2) is 0 Å². The SMILES string of the molecule is O=C(Cn1cccn1)N1CCC(CCc2noc(-c3cccnc3)n2)C1. The third-order valence-corrected chi connectivity index (χ3v) is 4.65. The summed E-state index contributed by atoms with van der Waals surface area (Å²) in [5, 5.41) is 8.14. The topological polar surface area (TPSA) is 89.9 Å². The minimum absolute atomic E-state index is 0.120. The molecule has 0 aliphatic carbocycles. The van der Waals surface area contributed by atoms with Gasteiger partial charge in [-0.3, -0.25) is 14.5 Å². The number of rotatable bonds is 6. The first kappa shape index (κ1) is 16.4. The lowest BCUT2D eigenvalue weighted by Gasteiger charge is -2.16. The van der Waals surface area contributed by atoms with Crippen LogP contribution >= 0.6 is 0 Å². The fourth-order valence-electron chi connectivity index (χ4n) is 3.22.